The van der Waals surface area contributed by atoms with Gasteiger partial charge >= 0.3 is 0 Å². The molecule has 2 amide bonds. The molecule has 0 radical (unpaired) electrons. The molecular formula is C17H14F2N4O3S. The van der Waals surface area contributed by atoms with Crippen LogP contribution >= 0.6 is 11.3 Å². The number of azo groups is 1. The number of nitrogens with zero attached hydrogens (tertiary/aromatic N) is 4. The molecule has 2 aromatic rings. The Hall–Kier alpha value is -2.75. The molecule has 1 saturated heterocycles. The van der Waals surface area contributed by atoms with Crippen LogP contribution in [0, 0.1) is 11.6 Å². The summed E-state index contributed by atoms with van der Waals surface area (Å²) >= 11 is 1.09. The molecule has 0 N–H and O–H groups in total. The topological polar surface area (TPSA) is 84.2 Å². The van der Waals surface area contributed by atoms with Crippen molar-refractivity contribution < 1.29 is 23.1 Å². The summed E-state index contributed by atoms with van der Waals surface area (Å²) in [5.41, 5.74) is 0.0907. The van der Waals surface area contributed by atoms with Crippen molar-refractivity contribution in [2.24, 2.45) is 10.2 Å². The molecule has 0 saturated carbocycles. The van der Waals surface area contributed by atoms with Crippen LogP contribution in [0.5, 0.6) is 5.19 Å². The van der Waals surface area contributed by atoms with Crippen LogP contribution in [0.4, 0.5) is 8.78 Å². The summed E-state index contributed by atoms with van der Waals surface area (Å²) in [6.45, 7) is 0.927. The maximum absolute atomic E-state index is 13.7. The molecule has 1 aromatic heterocycles. The standard InChI is InChI=1S/C17H14F2N4O3S/c18-9-7-11(19)15-13(8-9)27-17(20-15)26-10-3-5-23(6-4-10)16(25)12-1-2-14(24)22-21-12/h1-2,7-8,10,12H,3-6H2. The number of benzene rings is 1. The zero-order valence-electron chi connectivity index (χ0n) is 14.0. The monoisotopic (exact) mass is 392 g/mol. The van der Waals surface area contributed by atoms with Gasteiger partial charge in [-0.15, -0.1) is 5.11 Å². The molecule has 1 unspecified atom stereocenters. The Morgan fingerprint density at radius 2 is 2.04 bits per heavy atom. The average Bonchev–Trinajstić information content (AvgIpc) is 3.05. The summed E-state index contributed by atoms with van der Waals surface area (Å²) in [6, 6.07) is 1.25. The highest BCUT2D eigenvalue weighted by Crippen LogP contribution is 2.32. The van der Waals surface area contributed by atoms with Gasteiger partial charge in [0.2, 0.25) is 0 Å². The minimum Gasteiger partial charge on any atom is -0.467 e. The SMILES string of the molecule is O=C1C=CC(C(=O)N2CCC(Oc3nc4c(F)cc(F)cc4s3)CC2)N=N1. The van der Waals surface area contributed by atoms with Gasteiger partial charge in [0.05, 0.1) is 4.70 Å². The Morgan fingerprint density at radius 1 is 1.26 bits per heavy atom. The fourth-order valence-electron chi connectivity index (χ4n) is 3.01. The quantitative estimate of drug-likeness (QED) is 0.804. The van der Waals surface area contributed by atoms with Gasteiger partial charge in [-0.25, -0.2) is 8.78 Å². The third-order valence-corrected chi connectivity index (χ3v) is 5.26. The number of carbonyl (C=O) groups is 2. The lowest BCUT2D eigenvalue weighted by atomic mass is 10.1. The van der Waals surface area contributed by atoms with Crippen LogP contribution in [0.15, 0.2) is 34.5 Å². The minimum absolute atomic E-state index is 0.0907. The van der Waals surface area contributed by atoms with E-state index in [0.29, 0.717) is 30.6 Å². The van der Waals surface area contributed by atoms with Gasteiger partial charge in [0, 0.05) is 38.1 Å². The maximum atomic E-state index is 13.7. The van der Waals surface area contributed by atoms with Crippen molar-refractivity contribution in [3.63, 3.8) is 0 Å². The summed E-state index contributed by atoms with van der Waals surface area (Å²) in [5.74, 6) is -2.06. The lowest BCUT2D eigenvalue weighted by Gasteiger charge is -2.32. The van der Waals surface area contributed by atoms with E-state index in [-0.39, 0.29) is 22.7 Å². The van der Waals surface area contributed by atoms with Crippen LogP contribution in [0.25, 0.3) is 10.2 Å². The molecule has 1 atom stereocenters. The minimum atomic E-state index is -0.762. The van der Waals surface area contributed by atoms with Crippen LogP contribution in [0.2, 0.25) is 0 Å². The van der Waals surface area contributed by atoms with E-state index in [0.717, 1.165) is 17.4 Å². The highest BCUT2D eigenvalue weighted by atomic mass is 32.1. The molecule has 140 valence electrons. The fourth-order valence-corrected chi connectivity index (χ4v) is 3.93. The molecule has 3 heterocycles. The summed E-state index contributed by atoms with van der Waals surface area (Å²) in [7, 11) is 0. The maximum Gasteiger partial charge on any atom is 0.287 e. The van der Waals surface area contributed by atoms with E-state index in [1.807, 2.05) is 0 Å². The molecule has 10 heteroatoms. The molecule has 27 heavy (non-hydrogen) atoms. The number of thiazole rings is 1. The summed E-state index contributed by atoms with van der Waals surface area (Å²) < 4.78 is 33.2. The predicted molar refractivity (Wildman–Crippen MR) is 92.6 cm³/mol. The molecule has 2 aliphatic rings. The van der Waals surface area contributed by atoms with E-state index in [1.165, 1.54) is 18.2 Å². The Labute approximate surface area is 156 Å². The Balaban J connectivity index is 1.36. The number of amides is 2. The molecule has 0 spiro atoms. The summed E-state index contributed by atoms with van der Waals surface area (Å²) in [4.78, 5) is 29.1. The van der Waals surface area contributed by atoms with Crippen LogP contribution in [-0.2, 0) is 9.59 Å². The number of ether oxygens (including phenoxy) is 1. The van der Waals surface area contributed by atoms with E-state index in [4.69, 9.17) is 4.74 Å². The summed E-state index contributed by atoms with van der Waals surface area (Å²) in [6.07, 6.45) is 3.65. The lowest BCUT2D eigenvalue weighted by Crippen LogP contribution is -2.45. The van der Waals surface area contributed by atoms with Crippen molar-refractivity contribution in [1.29, 1.82) is 0 Å². The normalized spacial score (nSPS) is 20.4. The number of aromatic nitrogens is 1. The highest BCUT2D eigenvalue weighted by Gasteiger charge is 2.29. The van der Waals surface area contributed by atoms with E-state index in [1.54, 1.807) is 4.90 Å². The van der Waals surface area contributed by atoms with Gasteiger partial charge in [-0.1, -0.05) is 11.3 Å². The molecule has 2 aliphatic heterocycles. The zero-order chi connectivity index (χ0) is 19.0. The molecule has 4 rings (SSSR count). The van der Waals surface area contributed by atoms with Crippen LogP contribution in [0.3, 0.4) is 0 Å². The van der Waals surface area contributed by atoms with Crippen LogP contribution in [-0.4, -0.2) is 46.9 Å². The van der Waals surface area contributed by atoms with Gasteiger partial charge < -0.3 is 9.64 Å². The largest absolute Gasteiger partial charge is 0.467 e. The predicted octanol–water partition coefficient (Wildman–Crippen LogP) is 2.86. The van der Waals surface area contributed by atoms with Crippen molar-refractivity contribution in [2.45, 2.75) is 25.0 Å². The zero-order valence-corrected chi connectivity index (χ0v) is 14.8. The third kappa shape index (κ3) is 3.70. The number of fused-ring (bicyclic) bond motifs is 1. The Bertz CT molecular complexity index is 950. The number of hydrogen-bond acceptors (Lipinski definition) is 6. The number of hydrogen-bond donors (Lipinski definition) is 0. The molecule has 1 aromatic carbocycles. The third-order valence-electron chi connectivity index (χ3n) is 4.37. The molecular weight excluding hydrogens is 378 g/mol. The van der Waals surface area contributed by atoms with E-state index >= 15 is 0 Å². The first-order valence-corrected chi connectivity index (χ1v) is 9.15. The smallest absolute Gasteiger partial charge is 0.287 e. The van der Waals surface area contributed by atoms with Crippen LogP contribution in [0.1, 0.15) is 12.8 Å². The van der Waals surface area contributed by atoms with Crippen LogP contribution < -0.4 is 4.74 Å². The van der Waals surface area contributed by atoms with Crippen molar-refractivity contribution >= 4 is 33.4 Å². The molecule has 7 nitrogen and oxygen atoms in total. The van der Waals surface area contributed by atoms with Gasteiger partial charge in [0.25, 0.3) is 17.0 Å². The number of carbonyl (C=O) groups excluding carboxylic acids is 2. The van der Waals surface area contributed by atoms with Gasteiger partial charge in [-0.3, -0.25) is 9.59 Å². The van der Waals surface area contributed by atoms with Crippen molar-refractivity contribution in [1.82, 2.24) is 9.88 Å². The second-order valence-electron chi connectivity index (χ2n) is 6.21. The average molecular weight is 392 g/mol. The van der Waals surface area contributed by atoms with Crippen molar-refractivity contribution in [2.75, 3.05) is 13.1 Å². The van der Waals surface area contributed by atoms with Gasteiger partial charge in [0.15, 0.2) is 11.9 Å². The van der Waals surface area contributed by atoms with E-state index in [2.05, 4.69) is 15.2 Å². The first kappa shape index (κ1) is 17.7. The Morgan fingerprint density at radius 3 is 2.74 bits per heavy atom. The first-order chi connectivity index (χ1) is 13.0. The summed E-state index contributed by atoms with van der Waals surface area (Å²) in [5, 5.41) is 7.38. The first-order valence-electron chi connectivity index (χ1n) is 8.33. The second-order valence-corrected chi connectivity index (χ2v) is 7.21. The van der Waals surface area contributed by atoms with Crippen molar-refractivity contribution in [3.05, 3.63) is 35.9 Å². The van der Waals surface area contributed by atoms with E-state index in [9.17, 15) is 18.4 Å². The fraction of sp³-hybridized carbons (Fsp3) is 0.353. The number of piperidine rings is 1. The molecule has 1 fully saturated rings. The van der Waals surface area contributed by atoms with Gasteiger partial charge in [-0.2, -0.15) is 10.1 Å². The number of halogens is 2. The molecule has 0 bridgehead atoms. The number of likely N-dealkylation sites (tertiary alicyclic amines) is 1. The lowest BCUT2D eigenvalue weighted by molar-refractivity contribution is -0.133. The van der Waals surface area contributed by atoms with Crippen molar-refractivity contribution in [3.8, 4) is 5.19 Å². The molecule has 0 aliphatic carbocycles. The second kappa shape index (κ2) is 7.10. The van der Waals surface area contributed by atoms with E-state index < -0.39 is 23.6 Å². The van der Waals surface area contributed by atoms with Gasteiger partial charge in [0.1, 0.15) is 17.4 Å². The highest BCUT2D eigenvalue weighted by molar-refractivity contribution is 7.20. The Kier molecular flexibility index (Phi) is 4.65. The van der Waals surface area contributed by atoms with Gasteiger partial charge in [-0.05, 0) is 12.1 Å². The number of rotatable bonds is 3.